The van der Waals surface area contributed by atoms with Crippen molar-refractivity contribution in [3.8, 4) is 6.07 Å². The molecule has 16 heavy (non-hydrogen) atoms. The lowest BCUT2D eigenvalue weighted by molar-refractivity contribution is 0.0526. The number of nitrogens with zero attached hydrogens (tertiary/aromatic N) is 1. The number of carbonyl (C=O) groups is 1. The van der Waals surface area contributed by atoms with E-state index in [1.54, 1.807) is 25.1 Å². The van der Waals surface area contributed by atoms with E-state index in [-0.39, 0.29) is 5.97 Å². The van der Waals surface area contributed by atoms with Gasteiger partial charge in [0.2, 0.25) is 0 Å². The first-order valence-electron chi connectivity index (χ1n) is 5.05. The second kappa shape index (κ2) is 6.19. The van der Waals surface area contributed by atoms with Crippen molar-refractivity contribution in [2.75, 3.05) is 6.61 Å². The molecule has 0 saturated heterocycles. The Kier molecular flexibility index (Phi) is 4.87. The van der Waals surface area contributed by atoms with Crippen LogP contribution in [0.3, 0.4) is 0 Å². The van der Waals surface area contributed by atoms with Crippen molar-refractivity contribution >= 4 is 18.6 Å². The van der Waals surface area contributed by atoms with Gasteiger partial charge in [0.1, 0.15) is 0 Å². The van der Waals surface area contributed by atoms with Crippen molar-refractivity contribution in [3.05, 3.63) is 29.3 Å². The van der Waals surface area contributed by atoms with Crippen LogP contribution in [0.4, 0.5) is 0 Å². The number of carbonyl (C=O) groups excluding carboxylic acids is 1. The Hall–Kier alpha value is -1.47. The summed E-state index contributed by atoms with van der Waals surface area (Å²) < 4.78 is 4.90. The molecule has 0 aromatic heterocycles. The summed E-state index contributed by atoms with van der Waals surface area (Å²) in [6.45, 7) is 2.12. The molecule has 1 aromatic carbocycles. The summed E-state index contributed by atoms with van der Waals surface area (Å²) in [6, 6.07) is 7.23. The standard InChI is InChI=1S/C12H13NO2S/c1-2-15-12(14)10-5-6-11(16)9(8-10)4-3-7-13/h5-6,8,16H,2-4H2,1H3. The molecule has 0 aliphatic carbocycles. The zero-order chi connectivity index (χ0) is 12.0. The molecule has 0 saturated carbocycles. The van der Waals surface area contributed by atoms with E-state index in [0.29, 0.717) is 25.0 Å². The molecule has 0 aliphatic rings. The molecule has 0 atom stereocenters. The minimum Gasteiger partial charge on any atom is -0.462 e. The first-order chi connectivity index (χ1) is 7.69. The van der Waals surface area contributed by atoms with Gasteiger partial charge in [-0.1, -0.05) is 0 Å². The topological polar surface area (TPSA) is 50.1 Å². The van der Waals surface area contributed by atoms with Gasteiger partial charge in [-0.25, -0.2) is 4.79 Å². The van der Waals surface area contributed by atoms with E-state index in [2.05, 4.69) is 18.7 Å². The van der Waals surface area contributed by atoms with Crippen molar-refractivity contribution < 1.29 is 9.53 Å². The summed E-state index contributed by atoms with van der Waals surface area (Å²) in [6.07, 6.45) is 1.02. The van der Waals surface area contributed by atoms with Crippen molar-refractivity contribution in [2.45, 2.75) is 24.7 Å². The third kappa shape index (κ3) is 3.28. The summed E-state index contributed by atoms with van der Waals surface area (Å²) in [5.41, 5.74) is 1.41. The number of esters is 1. The maximum atomic E-state index is 11.5. The Labute approximate surface area is 100 Å². The van der Waals surface area contributed by atoms with Crippen molar-refractivity contribution in [3.63, 3.8) is 0 Å². The van der Waals surface area contributed by atoms with Crippen molar-refractivity contribution in [1.29, 1.82) is 5.26 Å². The largest absolute Gasteiger partial charge is 0.462 e. The summed E-state index contributed by atoms with van der Waals surface area (Å²) in [5, 5.41) is 8.51. The number of ether oxygens (including phenoxy) is 1. The lowest BCUT2D eigenvalue weighted by atomic mass is 10.1. The molecule has 3 nitrogen and oxygen atoms in total. The highest BCUT2D eigenvalue weighted by molar-refractivity contribution is 7.80. The van der Waals surface area contributed by atoms with Crippen LogP contribution in [0.1, 0.15) is 29.3 Å². The molecule has 1 aromatic rings. The fourth-order valence-electron chi connectivity index (χ4n) is 1.32. The maximum absolute atomic E-state index is 11.5. The molecular formula is C12H13NO2S. The van der Waals surface area contributed by atoms with E-state index in [0.717, 1.165) is 10.5 Å². The van der Waals surface area contributed by atoms with Gasteiger partial charge in [-0.05, 0) is 37.1 Å². The predicted molar refractivity (Wildman–Crippen MR) is 63.6 cm³/mol. The molecule has 0 N–H and O–H groups in total. The highest BCUT2D eigenvalue weighted by Gasteiger charge is 2.08. The molecule has 0 heterocycles. The van der Waals surface area contributed by atoms with Crippen LogP contribution in [0.25, 0.3) is 0 Å². The zero-order valence-corrected chi connectivity index (χ0v) is 9.96. The Morgan fingerprint density at radius 1 is 1.56 bits per heavy atom. The van der Waals surface area contributed by atoms with Gasteiger partial charge in [-0.2, -0.15) is 5.26 Å². The van der Waals surface area contributed by atoms with Crippen LogP contribution in [0.15, 0.2) is 23.1 Å². The number of nitriles is 1. The number of rotatable bonds is 4. The van der Waals surface area contributed by atoms with Crippen LogP contribution in [-0.2, 0) is 11.2 Å². The fraction of sp³-hybridized carbons (Fsp3) is 0.333. The Balaban J connectivity index is 2.89. The monoisotopic (exact) mass is 235 g/mol. The number of aryl methyl sites for hydroxylation is 1. The van der Waals surface area contributed by atoms with Crippen LogP contribution in [-0.4, -0.2) is 12.6 Å². The number of hydrogen-bond acceptors (Lipinski definition) is 4. The Morgan fingerprint density at radius 3 is 2.94 bits per heavy atom. The van der Waals surface area contributed by atoms with E-state index in [1.807, 2.05) is 0 Å². The molecule has 4 heteroatoms. The molecule has 0 spiro atoms. The molecule has 0 unspecified atom stereocenters. The van der Waals surface area contributed by atoms with E-state index in [9.17, 15) is 4.79 Å². The maximum Gasteiger partial charge on any atom is 0.338 e. The smallest absolute Gasteiger partial charge is 0.338 e. The average molecular weight is 235 g/mol. The molecule has 1 rings (SSSR count). The second-order valence-corrected chi connectivity index (χ2v) is 3.70. The lowest BCUT2D eigenvalue weighted by Crippen LogP contribution is -2.05. The van der Waals surface area contributed by atoms with Gasteiger partial charge in [0.05, 0.1) is 18.2 Å². The Bertz CT molecular complexity index is 424. The van der Waals surface area contributed by atoms with Crippen LogP contribution >= 0.6 is 12.6 Å². The third-order valence-electron chi connectivity index (χ3n) is 2.10. The summed E-state index contributed by atoms with van der Waals surface area (Å²) in [4.78, 5) is 12.3. The van der Waals surface area contributed by atoms with Crippen molar-refractivity contribution in [2.24, 2.45) is 0 Å². The van der Waals surface area contributed by atoms with Gasteiger partial charge < -0.3 is 4.74 Å². The van der Waals surface area contributed by atoms with E-state index < -0.39 is 0 Å². The molecule has 0 fully saturated rings. The van der Waals surface area contributed by atoms with Gasteiger partial charge in [-0.3, -0.25) is 0 Å². The lowest BCUT2D eigenvalue weighted by Gasteiger charge is -2.06. The minimum absolute atomic E-state index is 0.339. The van der Waals surface area contributed by atoms with E-state index >= 15 is 0 Å². The van der Waals surface area contributed by atoms with Crippen LogP contribution < -0.4 is 0 Å². The molecule has 0 amide bonds. The first-order valence-corrected chi connectivity index (χ1v) is 5.49. The highest BCUT2D eigenvalue weighted by atomic mass is 32.1. The summed E-state index contributed by atoms with van der Waals surface area (Å²) in [5.74, 6) is -0.339. The predicted octanol–water partition coefficient (Wildman–Crippen LogP) is 2.61. The van der Waals surface area contributed by atoms with Gasteiger partial charge in [0.25, 0.3) is 0 Å². The van der Waals surface area contributed by atoms with Crippen LogP contribution in [0.2, 0.25) is 0 Å². The average Bonchev–Trinajstić information content (AvgIpc) is 2.28. The Morgan fingerprint density at radius 2 is 2.31 bits per heavy atom. The third-order valence-corrected chi connectivity index (χ3v) is 2.53. The van der Waals surface area contributed by atoms with Crippen molar-refractivity contribution in [1.82, 2.24) is 0 Å². The van der Waals surface area contributed by atoms with Crippen LogP contribution in [0.5, 0.6) is 0 Å². The molecule has 0 aliphatic heterocycles. The van der Waals surface area contributed by atoms with E-state index in [1.165, 1.54) is 0 Å². The quantitative estimate of drug-likeness (QED) is 0.644. The SMILES string of the molecule is CCOC(=O)c1ccc(S)c(CCC#N)c1. The first kappa shape index (κ1) is 12.6. The normalized spacial score (nSPS) is 9.56. The van der Waals surface area contributed by atoms with Gasteiger partial charge in [0, 0.05) is 11.3 Å². The van der Waals surface area contributed by atoms with Gasteiger partial charge in [0.15, 0.2) is 0 Å². The molecule has 84 valence electrons. The van der Waals surface area contributed by atoms with E-state index in [4.69, 9.17) is 10.00 Å². The summed E-state index contributed by atoms with van der Waals surface area (Å²) in [7, 11) is 0. The van der Waals surface area contributed by atoms with Crippen LogP contribution in [0, 0.1) is 11.3 Å². The molecule has 0 bridgehead atoms. The number of hydrogen-bond donors (Lipinski definition) is 1. The minimum atomic E-state index is -0.339. The fourth-order valence-corrected chi connectivity index (χ4v) is 1.57. The molecule has 0 radical (unpaired) electrons. The van der Waals surface area contributed by atoms with Gasteiger partial charge >= 0.3 is 5.97 Å². The zero-order valence-electron chi connectivity index (χ0n) is 9.06. The number of benzene rings is 1. The number of thiol groups is 1. The summed E-state index contributed by atoms with van der Waals surface area (Å²) >= 11 is 4.28. The van der Waals surface area contributed by atoms with Gasteiger partial charge in [-0.15, -0.1) is 12.6 Å². The molecular weight excluding hydrogens is 222 g/mol. The highest BCUT2D eigenvalue weighted by Crippen LogP contribution is 2.18. The second-order valence-electron chi connectivity index (χ2n) is 3.22.